The molecule has 1 aromatic rings. The summed E-state index contributed by atoms with van der Waals surface area (Å²) in [6.45, 7) is 11.5. The Hall–Kier alpha value is -0.870. The molecule has 1 N–H and O–H groups in total. The molecule has 2 aliphatic heterocycles. The van der Waals surface area contributed by atoms with Gasteiger partial charge in [0.15, 0.2) is 0 Å². The van der Waals surface area contributed by atoms with Crippen molar-refractivity contribution in [2.24, 2.45) is 5.92 Å². The van der Waals surface area contributed by atoms with Gasteiger partial charge in [0.1, 0.15) is 5.82 Å². The fourth-order valence-corrected chi connectivity index (χ4v) is 3.46. The number of fused-ring (bicyclic) bond motifs is 1. The zero-order chi connectivity index (χ0) is 13.9. The van der Waals surface area contributed by atoms with Crippen LogP contribution in [0.5, 0.6) is 0 Å². The van der Waals surface area contributed by atoms with Gasteiger partial charge in [0.25, 0.3) is 0 Å². The SMILES string of the molecule is CC(C)Cc1nc2c(n1CCN1CCCC1)CCNC2. The standard InChI is InChI=1S/C16H28N4/c1-13(2)11-16-18-14-12-17-6-5-15(14)20(16)10-9-19-7-3-4-8-19/h13,17H,3-12H2,1-2H3. The Morgan fingerprint density at radius 2 is 2.00 bits per heavy atom. The maximum absolute atomic E-state index is 4.92. The van der Waals surface area contributed by atoms with Gasteiger partial charge in [-0.25, -0.2) is 4.98 Å². The van der Waals surface area contributed by atoms with Crippen LogP contribution in [0.15, 0.2) is 0 Å². The predicted molar refractivity (Wildman–Crippen MR) is 81.9 cm³/mol. The van der Waals surface area contributed by atoms with Crippen LogP contribution in [0.3, 0.4) is 0 Å². The molecule has 0 atom stereocenters. The van der Waals surface area contributed by atoms with E-state index in [1.807, 2.05) is 0 Å². The van der Waals surface area contributed by atoms with Crippen LogP contribution < -0.4 is 5.32 Å². The van der Waals surface area contributed by atoms with Crippen molar-refractivity contribution in [1.82, 2.24) is 19.8 Å². The normalized spacial score (nSPS) is 19.8. The fraction of sp³-hybridized carbons (Fsp3) is 0.812. The highest BCUT2D eigenvalue weighted by Gasteiger charge is 2.21. The zero-order valence-corrected chi connectivity index (χ0v) is 13.0. The number of imidazole rings is 1. The molecule has 3 rings (SSSR count). The first-order valence-corrected chi connectivity index (χ1v) is 8.24. The molecule has 0 bridgehead atoms. The van der Waals surface area contributed by atoms with E-state index >= 15 is 0 Å². The second-order valence-electron chi connectivity index (χ2n) is 6.65. The number of hydrogen-bond acceptors (Lipinski definition) is 3. The molecule has 2 aliphatic rings. The van der Waals surface area contributed by atoms with Crippen LogP contribution in [-0.4, -0.2) is 40.6 Å². The van der Waals surface area contributed by atoms with Gasteiger partial charge in [-0.2, -0.15) is 0 Å². The zero-order valence-electron chi connectivity index (χ0n) is 13.0. The monoisotopic (exact) mass is 276 g/mol. The Morgan fingerprint density at radius 3 is 2.75 bits per heavy atom. The summed E-state index contributed by atoms with van der Waals surface area (Å²) in [5.41, 5.74) is 2.80. The Balaban J connectivity index is 1.76. The average molecular weight is 276 g/mol. The van der Waals surface area contributed by atoms with Crippen LogP contribution in [0, 0.1) is 5.92 Å². The molecule has 1 saturated heterocycles. The topological polar surface area (TPSA) is 33.1 Å². The van der Waals surface area contributed by atoms with Gasteiger partial charge in [0.2, 0.25) is 0 Å². The first-order valence-electron chi connectivity index (χ1n) is 8.24. The fourth-order valence-electron chi connectivity index (χ4n) is 3.46. The van der Waals surface area contributed by atoms with Gasteiger partial charge >= 0.3 is 0 Å². The quantitative estimate of drug-likeness (QED) is 0.890. The lowest BCUT2D eigenvalue weighted by atomic mass is 10.1. The predicted octanol–water partition coefficient (Wildman–Crippen LogP) is 1.82. The lowest BCUT2D eigenvalue weighted by Crippen LogP contribution is -2.28. The van der Waals surface area contributed by atoms with Crippen molar-refractivity contribution in [2.75, 3.05) is 26.2 Å². The van der Waals surface area contributed by atoms with Crippen molar-refractivity contribution < 1.29 is 0 Å². The van der Waals surface area contributed by atoms with Crippen LogP contribution >= 0.6 is 0 Å². The van der Waals surface area contributed by atoms with Gasteiger partial charge in [0.05, 0.1) is 5.69 Å². The van der Waals surface area contributed by atoms with Crippen molar-refractivity contribution in [2.45, 2.75) is 52.6 Å². The molecule has 1 fully saturated rings. The molecular formula is C16H28N4. The molecule has 0 radical (unpaired) electrons. The third kappa shape index (κ3) is 3.07. The van der Waals surface area contributed by atoms with E-state index < -0.39 is 0 Å². The average Bonchev–Trinajstić information content (AvgIpc) is 3.03. The van der Waals surface area contributed by atoms with Crippen LogP contribution in [0.25, 0.3) is 0 Å². The third-order valence-corrected chi connectivity index (χ3v) is 4.49. The molecular weight excluding hydrogens is 248 g/mol. The number of likely N-dealkylation sites (tertiary alicyclic amines) is 1. The van der Waals surface area contributed by atoms with Gasteiger partial charge in [-0.15, -0.1) is 0 Å². The molecule has 0 unspecified atom stereocenters. The highest BCUT2D eigenvalue weighted by Crippen LogP contribution is 2.19. The summed E-state index contributed by atoms with van der Waals surface area (Å²) in [5, 5.41) is 3.45. The van der Waals surface area contributed by atoms with Crippen LogP contribution in [0.4, 0.5) is 0 Å². The van der Waals surface area contributed by atoms with Crippen LogP contribution in [0.2, 0.25) is 0 Å². The summed E-state index contributed by atoms with van der Waals surface area (Å²) in [7, 11) is 0. The smallest absolute Gasteiger partial charge is 0.109 e. The molecule has 0 saturated carbocycles. The van der Waals surface area contributed by atoms with E-state index in [4.69, 9.17) is 4.98 Å². The lowest BCUT2D eigenvalue weighted by molar-refractivity contribution is 0.317. The Kier molecular flexibility index (Phi) is 4.41. The van der Waals surface area contributed by atoms with E-state index in [1.54, 1.807) is 0 Å². The van der Waals surface area contributed by atoms with E-state index in [0.29, 0.717) is 5.92 Å². The first-order chi connectivity index (χ1) is 9.74. The van der Waals surface area contributed by atoms with Crippen molar-refractivity contribution in [3.8, 4) is 0 Å². The second-order valence-corrected chi connectivity index (χ2v) is 6.65. The van der Waals surface area contributed by atoms with E-state index in [9.17, 15) is 0 Å². The molecule has 0 amide bonds. The van der Waals surface area contributed by atoms with Crippen molar-refractivity contribution in [3.05, 3.63) is 17.2 Å². The second kappa shape index (κ2) is 6.27. The molecule has 0 spiro atoms. The highest BCUT2D eigenvalue weighted by molar-refractivity contribution is 5.20. The maximum Gasteiger partial charge on any atom is 0.109 e. The Labute approximate surface area is 122 Å². The van der Waals surface area contributed by atoms with E-state index in [1.165, 1.54) is 49.7 Å². The molecule has 0 aliphatic carbocycles. The molecule has 20 heavy (non-hydrogen) atoms. The number of nitrogens with zero attached hydrogens (tertiary/aromatic N) is 3. The van der Waals surface area contributed by atoms with Gasteiger partial charge in [0, 0.05) is 44.7 Å². The molecule has 112 valence electrons. The third-order valence-electron chi connectivity index (χ3n) is 4.49. The molecule has 4 heteroatoms. The minimum Gasteiger partial charge on any atom is -0.330 e. The van der Waals surface area contributed by atoms with Crippen molar-refractivity contribution >= 4 is 0 Å². The minimum atomic E-state index is 0.678. The number of hydrogen-bond donors (Lipinski definition) is 1. The Bertz CT molecular complexity index is 444. The minimum absolute atomic E-state index is 0.678. The number of aromatic nitrogens is 2. The van der Waals surface area contributed by atoms with Crippen molar-refractivity contribution in [3.63, 3.8) is 0 Å². The summed E-state index contributed by atoms with van der Waals surface area (Å²) in [6.07, 6.45) is 5.00. The Morgan fingerprint density at radius 1 is 1.20 bits per heavy atom. The molecule has 0 aromatic carbocycles. The number of nitrogens with one attached hydrogen (secondary N) is 1. The number of rotatable bonds is 5. The van der Waals surface area contributed by atoms with Gasteiger partial charge in [-0.1, -0.05) is 13.8 Å². The van der Waals surface area contributed by atoms with E-state index in [2.05, 4.69) is 28.6 Å². The van der Waals surface area contributed by atoms with Crippen molar-refractivity contribution in [1.29, 1.82) is 0 Å². The van der Waals surface area contributed by atoms with Crippen LogP contribution in [0.1, 0.15) is 43.9 Å². The van der Waals surface area contributed by atoms with E-state index in [0.717, 1.165) is 32.5 Å². The molecule has 4 nitrogen and oxygen atoms in total. The van der Waals surface area contributed by atoms with Crippen LogP contribution in [-0.2, 0) is 25.9 Å². The summed E-state index contributed by atoms with van der Waals surface area (Å²) < 4.78 is 2.54. The summed E-state index contributed by atoms with van der Waals surface area (Å²) in [5.74, 6) is 1.99. The van der Waals surface area contributed by atoms with Gasteiger partial charge in [-0.3, -0.25) is 0 Å². The first kappa shape index (κ1) is 14.1. The lowest BCUT2D eigenvalue weighted by Gasteiger charge is -2.20. The van der Waals surface area contributed by atoms with Gasteiger partial charge < -0.3 is 14.8 Å². The summed E-state index contributed by atoms with van der Waals surface area (Å²) in [4.78, 5) is 7.52. The molecule has 3 heterocycles. The van der Waals surface area contributed by atoms with E-state index in [-0.39, 0.29) is 0 Å². The highest BCUT2D eigenvalue weighted by atomic mass is 15.2. The molecule has 1 aromatic heterocycles. The summed E-state index contributed by atoms with van der Waals surface area (Å²) >= 11 is 0. The largest absolute Gasteiger partial charge is 0.330 e. The summed E-state index contributed by atoms with van der Waals surface area (Å²) in [6, 6.07) is 0. The maximum atomic E-state index is 4.92. The van der Waals surface area contributed by atoms with Gasteiger partial charge in [-0.05, 0) is 31.8 Å².